The van der Waals surface area contributed by atoms with Gasteiger partial charge in [-0.3, -0.25) is 4.79 Å². The number of nitriles is 1. The Kier molecular flexibility index (Phi) is 13.2. The fraction of sp³-hybridized carbons (Fsp3) is 0.462. The number of hydrogen-bond donors (Lipinski definition) is 2. The van der Waals surface area contributed by atoms with Gasteiger partial charge in [0, 0.05) is 30.1 Å². The third-order valence-corrected chi connectivity index (χ3v) is 5.88. The van der Waals surface area contributed by atoms with Gasteiger partial charge in [0.05, 0.1) is 17.0 Å². The van der Waals surface area contributed by atoms with Crippen molar-refractivity contribution >= 4 is 29.6 Å². The lowest BCUT2D eigenvalue weighted by Gasteiger charge is -2.26. The molecule has 2 aromatic rings. The second-order valence-corrected chi connectivity index (χ2v) is 10.1. The van der Waals surface area contributed by atoms with E-state index in [1.165, 1.54) is 23.1 Å². The number of carbonyl (C=O) groups is 1. The van der Waals surface area contributed by atoms with Crippen LogP contribution in [0.5, 0.6) is 0 Å². The van der Waals surface area contributed by atoms with Crippen LogP contribution in [0.15, 0.2) is 42.5 Å². The molecule has 1 aliphatic heterocycles. The van der Waals surface area contributed by atoms with Crippen LogP contribution in [0.4, 0.5) is 8.78 Å². The van der Waals surface area contributed by atoms with E-state index in [4.69, 9.17) is 28.3 Å². The minimum absolute atomic E-state index is 0.100. The predicted molar refractivity (Wildman–Crippen MR) is 136 cm³/mol. The van der Waals surface area contributed by atoms with E-state index in [2.05, 4.69) is 32.2 Å². The molecule has 0 bridgehead atoms. The number of aliphatic hydroxyl groups excluding tert-OH is 1. The molecule has 1 heterocycles. The van der Waals surface area contributed by atoms with Gasteiger partial charge in [0.1, 0.15) is 18.4 Å². The SMILES string of the molecule is CC(C)(C)CC1NCC(c2cccc(Cl)c2F)C1C#N.CCN(C=O)CO.Fc1cccc(Cl)c1. The zero-order chi connectivity index (χ0) is 26.6. The lowest BCUT2D eigenvalue weighted by molar-refractivity contribution is -0.121. The van der Waals surface area contributed by atoms with E-state index < -0.39 is 5.82 Å². The Balaban J connectivity index is 0.000000334. The molecular weight excluding hydrogens is 495 g/mol. The number of nitrogens with zero attached hydrogens (tertiary/aromatic N) is 2. The molecule has 192 valence electrons. The van der Waals surface area contributed by atoms with Crippen molar-refractivity contribution in [3.05, 3.63) is 69.7 Å². The molecule has 2 N–H and O–H groups in total. The van der Waals surface area contributed by atoms with Crippen LogP contribution in [-0.2, 0) is 4.79 Å². The highest BCUT2D eigenvalue weighted by molar-refractivity contribution is 6.31. The topological polar surface area (TPSA) is 76.4 Å². The Labute approximate surface area is 216 Å². The maximum atomic E-state index is 14.2. The molecule has 1 fully saturated rings. The van der Waals surface area contributed by atoms with Crippen molar-refractivity contribution in [1.29, 1.82) is 5.26 Å². The van der Waals surface area contributed by atoms with Gasteiger partial charge in [0.25, 0.3) is 0 Å². The Morgan fingerprint density at radius 3 is 2.31 bits per heavy atom. The van der Waals surface area contributed by atoms with E-state index in [1.54, 1.807) is 31.2 Å². The van der Waals surface area contributed by atoms with Crippen molar-refractivity contribution in [1.82, 2.24) is 10.2 Å². The molecule has 0 spiro atoms. The van der Waals surface area contributed by atoms with Crippen LogP contribution in [0.1, 0.15) is 45.6 Å². The maximum absolute atomic E-state index is 14.2. The molecule has 9 heteroatoms. The van der Waals surface area contributed by atoms with Crippen LogP contribution in [0, 0.1) is 34.3 Å². The third-order valence-electron chi connectivity index (χ3n) is 5.35. The Hall–Kier alpha value is -2.24. The van der Waals surface area contributed by atoms with Gasteiger partial charge in [-0.15, -0.1) is 0 Å². The summed E-state index contributed by atoms with van der Waals surface area (Å²) in [5.74, 6) is -1.04. The molecule has 0 saturated carbocycles. The first-order chi connectivity index (χ1) is 16.5. The highest BCUT2D eigenvalue weighted by Crippen LogP contribution is 2.38. The van der Waals surface area contributed by atoms with Gasteiger partial charge >= 0.3 is 0 Å². The molecule has 1 saturated heterocycles. The predicted octanol–water partition coefficient (Wildman–Crippen LogP) is 6.00. The molecular formula is C26H33Cl2F2N3O2. The number of nitrogens with one attached hydrogen (secondary N) is 1. The second kappa shape index (κ2) is 15.0. The van der Waals surface area contributed by atoms with Crippen molar-refractivity contribution in [2.24, 2.45) is 11.3 Å². The molecule has 3 atom stereocenters. The summed E-state index contributed by atoms with van der Waals surface area (Å²) < 4.78 is 26.2. The number of aliphatic hydroxyl groups is 1. The summed E-state index contributed by atoms with van der Waals surface area (Å²) in [7, 11) is 0. The van der Waals surface area contributed by atoms with Crippen LogP contribution in [-0.4, -0.2) is 42.3 Å². The zero-order valence-corrected chi connectivity index (χ0v) is 22.0. The van der Waals surface area contributed by atoms with Gasteiger partial charge in [-0.25, -0.2) is 8.78 Å². The maximum Gasteiger partial charge on any atom is 0.211 e. The second-order valence-electron chi connectivity index (χ2n) is 9.28. The molecule has 35 heavy (non-hydrogen) atoms. The summed E-state index contributed by atoms with van der Waals surface area (Å²) in [4.78, 5) is 11.0. The normalized spacial score (nSPS) is 18.9. The fourth-order valence-electron chi connectivity index (χ4n) is 3.63. The van der Waals surface area contributed by atoms with Crippen LogP contribution in [0.25, 0.3) is 0 Å². The quantitative estimate of drug-likeness (QED) is 0.369. The fourth-order valence-corrected chi connectivity index (χ4v) is 3.99. The van der Waals surface area contributed by atoms with E-state index in [9.17, 15) is 18.8 Å². The van der Waals surface area contributed by atoms with Crippen molar-refractivity contribution in [2.75, 3.05) is 19.8 Å². The minimum atomic E-state index is -0.391. The first-order valence-corrected chi connectivity index (χ1v) is 12.0. The standard InChI is InChI=1S/C16H20ClFN2.C6H4ClF.C4H9NO2/c1-16(2,3)7-14-11(8-19)12(9-20-14)10-5-4-6-13(17)15(10)18;7-5-2-1-3-6(8)4-5;1-2-5(3-6)4-7/h4-6,11-12,14,20H,7,9H2,1-3H3;1-4H;3,7H,2,4H2,1H3. The molecule has 0 aliphatic carbocycles. The Morgan fingerprint density at radius 1 is 1.23 bits per heavy atom. The number of benzene rings is 2. The van der Waals surface area contributed by atoms with Crippen LogP contribution in [0.2, 0.25) is 10.0 Å². The summed E-state index contributed by atoms with van der Waals surface area (Å²) in [6.45, 7) is 9.25. The first-order valence-electron chi connectivity index (χ1n) is 11.3. The van der Waals surface area contributed by atoms with E-state index >= 15 is 0 Å². The molecule has 0 radical (unpaired) electrons. The summed E-state index contributed by atoms with van der Waals surface area (Å²) in [6.07, 6.45) is 1.50. The van der Waals surface area contributed by atoms with E-state index in [0.717, 1.165) is 6.42 Å². The Bertz CT molecular complexity index is 959. The van der Waals surface area contributed by atoms with Crippen molar-refractivity contribution < 1.29 is 18.7 Å². The molecule has 2 aromatic carbocycles. The molecule has 0 aromatic heterocycles. The van der Waals surface area contributed by atoms with Gasteiger partial charge in [0.2, 0.25) is 6.41 Å². The number of carbonyl (C=O) groups excluding carboxylic acids is 1. The van der Waals surface area contributed by atoms with Crippen LogP contribution in [0.3, 0.4) is 0 Å². The number of halogens is 4. The third kappa shape index (κ3) is 10.5. The van der Waals surface area contributed by atoms with Gasteiger partial charge < -0.3 is 15.3 Å². The summed E-state index contributed by atoms with van der Waals surface area (Å²) >= 11 is 11.3. The molecule has 3 unspecified atom stereocenters. The smallest absolute Gasteiger partial charge is 0.211 e. The molecule has 3 rings (SSSR count). The van der Waals surface area contributed by atoms with Gasteiger partial charge in [-0.05, 0) is 48.6 Å². The van der Waals surface area contributed by atoms with Gasteiger partial charge in [-0.2, -0.15) is 5.26 Å². The van der Waals surface area contributed by atoms with E-state index in [0.29, 0.717) is 30.1 Å². The van der Waals surface area contributed by atoms with Crippen molar-refractivity contribution in [3.63, 3.8) is 0 Å². The zero-order valence-electron chi connectivity index (χ0n) is 20.4. The molecule has 1 amide bonds. The van der Waals surface area contributed by atoms with Crippen LogP contribution < -0.4 is 5.32 Å². The Morgan fingerprint density at radius 2 is 1.89 bits per heavy atom. The monoisotopic (exact) mass is 527 g/mol. The first kappa shape index (κ1) is 30.8. The average molecular weight is 528 g/mol. The highest BCUT2D eigenvalue weighted by Gasteiger charge is 2.39. The summed E-state index contributed by atoms with van der Waals surface area (Å²) in [6, 6.07) is 13.3. The van der Waals surface area contributed by atoms with Crippen molar-refractivity contribution in [2.45, 2.75) is 46.1 Å². The van der Waals surface area contributed by atoms with E-state index in [1.807, 2.05) is 0 Å². The van der Waals surface area contributed by atoms with Gasteiger partial charge in [0.15, 0.2) is 0 Å². The summed E-state index contributed by atoms with van der Waals surface area (Å²) in [5.41, 5.74) is 0.683. The largest absolute Gasteiger partial charge is 0.376 e. The lowest BCUT2D eigenvalue weighted by Crippen LogP contribution is -2.31. The lowest BCUT2D eigenvalue weighted by atomic mass is 9.79. The summed E-state index contributed by atoms with van der Waals surface area (Å²) in [5, 5.41) is 21.6. The highest BCUT2D eigenvalue weighted by atomic mass is 35.5. The molecule has 1 aliphatic rings. The average Bonchev–Trinajstić information content (AvgIpc) is 3.18. The van der Waals surface area contributed by atoms with Crippen LogP contribution >= 0.6 is 23.2 Å². The minimum Gasteiger partial charge on any atom is -0.376 e. The number of amides is 1. The number of rotatable bonds is 5. The number of hydrogen-bond acceptors (Lipinski definition) is 4. The van der Waals surface area contributed by atoms with Crippen molar-refractivity contribution in [3.8, 4) is 6.07 Å². The van der Waals surface area contributed by atoms with Gasteiger partial charge in [-0.1, -0.05) is 62.2 Å². The molecule has 5 nitrogen and oxygen atoms in total. The van der Waals surface area contributed by atoms with E-state index in [-0.39, 0.29) is 40.9 Å².